The van der Waals surface area contributed by atoms with E-state index in [0.29, 0.717) is 17.6 Å². The fraction of sp³-hybridized carbons (Fsp3) is 0.632. The molecule has 8 heteroatoms. The first kappa shape index (κ1) is 19.4. The molecule has 27 heavy (non-hydrogen) atoms. The summed E-state index contributed by atoms with van der Waals surface area (Å²) in [5.74, 6) is 0.265. The Hall–Kier alpha value is -0.960. The average Bonchev–Trinajstić information content (AvgIpc) is 3.20. The molecule has 0 unspecified atom stereocenters. The smallest absolute Gasteiger partial charge is 0.241 e. The summed E-state index contributed by atoms with van der Waals surface area (Å²) in [5.41, 5.74) is 1.79. The van der Waals surface area contributed by atoms with Crippen LogP contribution in [-0.2, 0) is 21.2 Å². The van der Waals surface area contributed by atoms with Gasteiger partial charge in [-0.3, -0.25) is 4.79 Å². The van der Waals surface area contributed by atoms with E-state index in [1.807, 2.05) is 6.07 Å². The van der Waals surface area contributed by atoms with Gasteiger partial charge in [0.15, 0.2) is 0 Å². The maximum Gasteiger partial charge on any atom is 0.241 e. The molecule has 1 N–H and O–H groups in total. The summed E-state index contributed by atoms with van der Waals surface area (Å²) in [7, 11) is -3.62. The summed E-state index contributed by atoms with van der Waals surface area (Å²) in [6, 6.07) is 3.52. The highest BCUT2D eigenvalue weighted by Crippen LogP contribution is 2.39. The fourth-order valence-corrected chi connectivity index (χ4v) is 6.15. The summed E-state index contributed by atoms with van der Waals surface area (Å²) >= 11 is 3.42. The maximum atomic E-state index is 12.8. The lowest BCUT2D eigenvalue weighted by atomic mass is 10.2. The number of hydrogen-bond donors (Lipinski definition) is 1. The first-order chi connectivity index (χ1) is 13.0. The minimum absolute atomic E-state index is 0.128. The molecule has 1 saturated heterocycles. The summed E-state index contributed by atoms with van der Waals surface area (Å²) in [5, 5.41) is 0. The third-order valence-electron chi connectivity index (χ3n) is 5.65. The van der Waals surface area contributed by atoms with Gasteiger partial charge in [0, 0.05) is 29.2 Å². The van der Waals surface area contributed by atoms with Crippen molar-refractivity contribution < 1.29 is 13.2 Å². The molecular weight excluding hydrogens is 430 g/mol. The maximum absolute atomic E-state index is 12.8. The minimum atomic E-state index is -3.62. The van der Waals surface area contributed by atoms with Crippen LogP contribution in [-0.4, -0.2) is 51.9 Å². The van der Waals surface area contributed by atoms with Crippen molar-refractivity contribution in [3.63, 3.8) is 0 Å². The Morgan fingerprint density at radius 1 is 1.19 bits per heavy atom. The Kier molecular flexibility index (Phi) is 5.60. The second kappa shape index (κ2) is 7.81. The molecule has 1 amide bonds. The van der Waals surface area contributed by atoms with Crippen LogP contribution in [0.3, 0.4) is 0 Å². The molecule has 3 aliphatic rings. The highest BCUT2D eigenvalue weighted by molar-refractivity contribution is 9.10. The van der Waals surface area contributed by atoms with Crippen LogP contribution in [0.4, 0.5) is 5.69 Å². The van der Waals surface area contributed by atoms with Gasteiger partial charge in [-0.1, -0.05) is 0 Å². The van der Waals surface area contributed by atoms with Crippen molar-refractivity contribution in [3.05, 3.63) is 22.2 Å². The third-order valence-corrected chi connectivity index (χ3v) is 8.07. The van der Waals surface area contributed by atoms with Gasteiger partial charge in [-0.05, 0) is 91.8 Å². The first-order valence-electron chi connectivity index (χ1n) is 9.81. The Labute approximate surface area is 169 Å². The van der Waals surface area contributed by atoms with Gasteiger partial charge in [-0.25, -0.2) is 13.1 Å². The quantitative estimate of drug-likeness (QED) is 0.641. The van der Waals surface area contributed by atoms with Crippen LogP contribution in [0, 0.1) is 5.92 Å². The number of nitrogens with zero attached hydrogens (tertiary/aromatic N) is 2. The molecule has 2 aliphatic heterocycles. The highest BCUT2D eigenvalue weighted by atomic mass is 79.9. The first-order valence-corrected chi connectivity index (χ1v) is 12.1. The number of halogens is 1. The standard InChI is InChI=1S/C19H26BrN3O3S/c20-16-12-15-6-11-23(19(24)14-4-5-14)17(15)13-18(16)27(25,26)21-7-3-10-22-8-1-2-9-22/h12-14,21H,1-11H2. The van der Waals surface area contributed by atoms with Crippen molar-refractivity contribution in [2.24, 2.45) is 5.92 Å². The Morgan fingerprint density at radius 3 is 2.63 bits per heavy atom. The SMILES string of the molecule is O=C(C1CC1)N1CCc2cc(Br)c(S(=O)(=O)NCCCN3CCCC3)cc21. The van der Waals surface area contributed by atoms with Crippen LogP contribution < -0.4 is 9.62 Å². The van der Waals surface area contributed by atoms with Gasteiger partial charge < -0.3 is 9.80 Å². The molecule has 0 aromatic heterocycles. The predicted octanol–water partition coefficient (Wildman–Crippen LogP) is 2.51. The van der Waals surface area contributed by atoms with E-state index in [-0.39, 0.29) is 16.7 Å². The van der Waals surface area contributed by atoms with Crippen LogP contribution in [0.1, 0.15) is 37.7 Å². The lowest BCUT2D eigenvalue weighted by molar-refractivity contribution is -0.119. The molecule has 0 spiro atoms. The second-order valence-electron chi connectivity index (χ2n) is 7.73. The van der Waals surface area contributed by atoms with Crippen LogP contribution >= 0.6 is 15.9 Å². The number of fused-ring (bicyclic) bond motifs is 1. The number of rotatable bonds is 7. The van der Waals surface area contributed by atoms with E-state index >= 15 is 0 Å². The van der Waals surface area contributed by atoms with Gasteiger partial charge in [0.05, 0.1) is 4.90 Å². The largest absolute Gasteiger partial charge is 0.312 e. The number of benzene rings is 1. The molecule has 1 aromatic rings. The van der Waals surface area contributed by atoms with Gasteiger partial charge in [-0.2, -0.15) is 0 Å². The Bertz CT molecular complexity index is 833. The lowest BCUT2D eigenvalue weighted by Gasteiger charge is -2.19. The molecule has 2 heterocycles. The molecule has 0 radical (unpaired) electrons. The number of sulfonamides is 1. The highest BCUT2D eigenvalue weighted by Gasteiger charge is 2.37. The molecule has 6 nitrogen and oxygen atoms in total. The number of anilines is 1. The Balaban J connectivity index is 1.45. The molecule has 1 aromatic carbocycles. The number of carbonyl (C=O) groups is 1. The van der Waals surface area contributed by atoms with E-state index in [0.717, 1.165) is 56.6 Å². The zero-order chi connectivity index (χ0) is 19.0. The summed E-state index contributed by atoms with van der Waals surface area (Å²) in [4.78, 5) is 16.9. The van der Waals surface area contributed by atoms with E-state index in [1.165, 1.54) is 12.8 Å². The van der Waals surface area contributed by atoms with Crippen molar-refractivity contribution in [1.82, 2.24) is 9.62 Å². The van der Waals surface area contributed by atoms with Gasteiger partial charge >= 0.3 is 0 Å². The fourth-order valence-electron chi connectivity index (χ4n) is 3.97. The number of likely N-dealkylation sites (tertiary alicyclic amines) is 1. The zero-order valence-electron chi connectivity index (χ0n) is 15.4. The number of amides is 1. The van der Waals surface area contributed by atoms with Crippen molar-refractivity contribution in [2.75, 3.05) is 37.6 Å². The summed E-state index contributed by atoms with van der Waals surface area (Å²) < 4.78 is 28.9. The molecule has 0 bridgehead atoms. The van der Waals surface area contributed by atoms with Crippen LogP contribution in [0.2, 0.25) is 0 Å². The molecule has 1 saturated carbocycles. The van der Waals surface area contributed by atoms with E-state index in [9.17, 15) is 13.2 Å². The molecule has 4 rings (SSSR count). The summed E-state index contributed by atoms with van der Waals surface area (Å²) in [6.45, 7) is 4.23. The van der Waals surface area contributed by atoms with E-state index < -0.39 is 10.0 Å². The van der Waals surface area contributed by atoms with E-state index in [1.54, 1.807) is 11.0 Å². The third kappa shape index (κ3) is 4.23. The van der Waals surface area contributed by atoms with Crippen LogP contribution in [0.5, 0.6) is 0 Å². The molecule has 2 fully saturated rings. The van der Waals surface area contributed by atoms with Gasteiger partial charge in [-0.15, -0.1) is 0 Å². The number of hydrogen-bond acceptors (Lipinski definition) is 4. The zero-order valence-corrected chi connectivity index (χ0v) is 17.8. The summed E-state index contributed by atoms with van der Waals surface area (Å²) in [6.07, 6.45) is 5.95. The van der Waals surface area contributed by atoms with E-state index in [4.69, 9.17) is 0 Å². The number of carbonyl (C=O) groups excluding carboxylic acids is 1. The van der Waals surface area contributed by atoms with Gasteiger partial charge in [0.25, 0.3) is 0 Å². The van der Waals surface area contributed by atoms with E-state index in [2.05, 4.69) is 25.6 Å². The predicted molar refractivity (Wildman–Crippen MR) is 108 cm³/mol. The van der Waals surface area contributed by atoms with Crippen LogP contribution in [0.15, 0.2) is 21.5 Å². The molecule has 148 valence electrons. The second-order valence-corrected chi connectivity index (χ2v) is 10.3. The lowest BCUT2D eigenvalue weighted by Crippen LogP contribution is -2.31. The average molecular weight is 456 g/mol. The van der Waals surface area contributed by atoms with Crippen molar-refractivity contribution in [3.8, 4) is 0 Å². The topological polar surface area (TPSA) is 69.7 Å². The molecule has 1 aliphatic carbocycles. The monoisotopic (exact) mass is 455 g/mol. The number of nitrogens with one attached hydrogen (secondary N) is 1. The van der Waals surface area contributed by atoms with Crippen LogP contribution in [0.25, 0.3) is 0 Å². The molecule has 0 atom stereocenters. The van der Waals surface area contributed by atoms with Crippen molar-refractivity contribution in [1.29, 1.82) is 0 Å². The Morgan fingerprint density at radius 2 is 1.93 bits per heavy atom. The van der Waals surface area contributed by atoms with Gasteiger partial charge in [0.2, 0.25) is 15.9 Å². The van der Waals surface area contributed by atoms with Crippen molar-refractivity contribution >= 4 is 37.5 Å². The minimum Gasteiger partial charge on any atom is -0.312 e. The normalized spacial score (nSPS) is 20.3. The van der Waals surface area contributed by atoms with Gasteiger partial charge in [0.1, 0.15) is 0 Å². The molecular formula is C19H26BrN3O3S. The van der Waals surface area contributed by atoms with Crippen molar-refractivity contribution in [2.45, 2.75) is 43.4 Å².